The number of Topliss-reactive ketones (excluding diaryl/α,β-unsaturated/α-hetero) is 1. The Labute approximate surface area is 150 Å². The summed E-state index contributed by atoms with van der Waals surface area (Å²) in [7, 11) is 0. The second-order valence-corrected chi connectivity index (χ2v) is 8.33. The number of hydrogen-bond donors (Lipinski definition) is 0. The van der Waals surface area contributed by atoms with Crippen molar-refractivity contribution in [2.75, 3.05) is 31.1 Å². The van der Waals surface area contributed by atoms with Crippen molar-refractivity contribution in [2.45, 2.75) is 63.3 Å². The molecule has 4 heteroatoms. The van der Waals surface area contributed by atoms with Crippen LogP contribution in [0.5, 0.6) is 0 Å². The molecular formula is C21H29FN2O. The summed E-state index contributed by atoms with van der Waals surface area (Å²) in [5.74, 6) is 0.0180. The molecule has 0 amide bonds. The van der Waals surface area contributed by atoms with Gasteiger partial charge >= 0.3 is 0 Å². The molecule has 3 aliphatic rings. The molecule has 0 bridgehead atoms. The van der Waals surface area contributed by atoms with Crippen LogP contribution in [-0.2, 0) is 10.2 Å². The molecule has 25 heavy (non-hydrogen) atoms. The summed E-state index contributed by atoms with van der Waals surface area (Å²) < 4.78 is 14.0. The van der Waals surface area contributed by atoms with Crippen LogP contribution in [0.4, 0.5) is 10.1 Å². The fourth-order valence-electron chi connectivity index (χ4n) is 5.35. The first kappa shape index (κ1) is 17.0. The van der Waals surface area contributed by atoms with Gasteiger partial charge in [0, 0.05) is 23.7 Å². The number of piperidine rings is 1. The van der Waals surface area contributed by atoms with E-state index in [1.807, 2.05) is 6.07 Å². The summed E-state index contributed by atoms with van der Waals surface area (Å²) >= 11 is 0. The number of benzene rings is 1. The van der Waals surface area contributed by atoms with Crippen molar-refractivity contribution in [2.24, 2.45) is 0 Å². The van der Waals surface area contributed by atoms with E-state index >= 15 is 0 Å². The van der Waals surface area contributed by atoms with Crippen LogP contribution in [-0.4, -0.2) is 42.9 Å². The molecule has 3 nitrogen and oxygen atoms in total. The summed E-state index contributed by atoms with van der Waals surface area (Å²) in [6, 6.07) is 5.89. The van der Waals surface area contributed by atoms with Gasteiger partial charge in [0.15, 0.2) is 0 Å². The molecule has 2 fully saturated rings. The van der Waals surface area contributed by atoms with Gasteiger partial charge in [-0.2, -0.15) is 0 Å². The zero-order valence-electron chi connectivity index (χ0n) is 15.3. The average molecular weight is 344 g/mol. The fourth-order valence-corrected chi connectivity index (χ4v) is 5.35. The van der Waals surface area contributed by atoms with Gasteiger partial charge in [0.1, 0.15) is 11.6 Å². The number of nitrogens with zero attached hydrogens (tertiary/aromatic N) is 2. The zero-order chi connectivity index (χ0) is 17.4. The molecule has 0 N–H and O–H groups in total. The van der Waals surface area contributed by atoms with Gasteiger partial charge < -0.3 is 9.80 Å². The lowest BCUT2D eigenvalue weighted by molar-refractivity contribution is -0.115. The molecule has 2 heterocycles. The number of halogens is 1. The minimum Gasteiger partial charge on any atom is -0.363 e. The lowest BCUT2D eigenvalue weighted by Gasteiger charge is -2.44. The van der Waals surface area contributed by atoms with Crippen molar-refractivity contribution in [1.82, 2.24) is 4.90 Å². The normalized spacial score (nSPS) is 23.8. The summed E-state index contributed by atoms with van der Waals surface area (Å²) in [4.78, 5) is 16.5. The third kappa shape index (κ3) is 3.21. The maximum Gasteiger partial charge on any atom is 0.149 e. The second-order valence-electron chi connectivity index (χ2n) is 8.33. The minimum absolute atomic E-state index is 0.0258. The number of fused-ring (bicyclic) bond motifs is 2. The van der Waals surface area contributed by atoms with Gasteiger partial charge in [-0.05, 0) is 69.5 Å². The van der Waals surface area contributed by atoms with Gasteiger partial charge in [-0.25, -0.2) is 4.39 Å². The van der Waals surface area contributed by atoms with Crippen LogP contribution in [0, 0.1) is 5.82 Å². The van der Waals surface area contributed by atoms with E-state index in [1.54, 1.807) is 13.0 Å². The van der Waals surface area contributed by atoms with Crippen LogP contribution in [0.3, 0.4) is 0 Å². The Hall–Kier alpha value is -1.42. The monoisotopic (exact) mass is 344 g/mol. The predicted molar refractivity (Wildman–Crippen MR) is 98.7 cm³/mol. The van der Waals surface area contributed by atoms with Gasteiger partial charge in [-0.1, -0.05) is 19.3 Å². The highest BCUT2D eigenvalue weighted by atomic mass is 19.1. The standard InChI is InChI=1S/C21H29FN2O/c1-16(25)14-24-15-21(19-13-17(22)7-8-20(19)24)9-11-23(12-10-21)18-5-3-2-4-6-18/h7-8,13,18H,2-6,9-12,14-15H2,1H3. The van der Waals surface area contributed by atoms with E-state index in [0.717, 1.165) is 49.8 Å². The van der Waals surface area contributed by atoms with E-state index in [2.05, 4.69) is 9.80 Å². The molecule has 0 radical (unpaired) electrons. The van der Waals surface area contributed by atoms with Crippen molar-refractivity contribution >= 4 is 11.5 Å². The number of carbonyl (C=O) groups is 1. The summed E-state index contributed by atoms with van der Waals surface area (Å²) in [5.41, 5.74) is 2.23. The van der Waals surface area contributed by atoms with E-state index in [9.17, 15) is 9.18 Å². The van der Waals surface area contributed by atoms with E-state index < -0.39 is 0 Å². The molecule has 1 aromatic rings. The molecule has 1 saturated carbocycles. The third-order valence-corrected chi connectivity index (χ3v) is 6.62. The lowest BCUT2D eigenvalue weighted by Crippen LogP contribution is -2.49. The summed E-state index contributed by atoms with van der Waals surface area (Å²) in [5, 5.41) is 0. The van der Waals surface area contributed by atoms with Gasteiger partial charge in [0.2, 0.25) is 0 Å². The first-order valence-electron chi connectivity index (χ1n) is 9.86. The predicted octanol–water partition coefficient (Wildman–Crippen LogP) is 3.90. The van der Waals surface area contributed by atoms with Gasteiger partial charge in [0.05, 0.1) is 6.54 Å². The molecular weight excluding hydrogens is 315 g/mol. The number of likely N-dealkylation sites (tertiary alicyclic amines) is 1. The van der Waals surface area contributed by atoms with Crippen LogP contribution < -0.4 is 4.90 Å². The number of carbonyl (C=O) groups excluding carboxylic acids is 1. The van der Waals surface area contributed by atoms with Gasteiger partial charge in [0.25, 0.3) is 0 Å². The van der Waals surface area contributed by atoms with Crippen LogP contribution in [0.15, 0.2) is 18.2 Å². The van der Waals surface area contributed by atoms with Crippen molar-refractivity contribution in [3.8, 4) is 0 Å². The van der Waals surface area contributed by atoms with Crippen molar-refractivity contribution in [3.05, 3.63) is 29.6 Å². The first-order valence-corrected chi connectivity index (χ1v) is 9.86. The molecule has 0 unspecified atom stereocenters. The Bertz CT molecular complexity index is 645. The van der Waals surface area contributed by atoms with E-state index in [0.29, 0.717) is 6.54 Å². The highest BCUT2D eigenvalue weighted by molar-refractivity contribution is 5.82. The van der Waals surface area contributed by atoms with Gasteiger partial charge in [-0.15, -0.1) is 0 Å². The topological polar surface area (TPSA) is 23.6 Å². The highest BCUT2D eigenvalue weighted by Gasteiger charge is 2.45. The number of rotatable bonds is 3. The molecule has 136 valence electrons. The number of ketones is 1. The Kier molecular flexibility index (Phi) is 4.57. The fraction of sp³-hybridized carbons (Fsp3) is 0.667. The largest absolute Gasteiger partial charge is 0.363 e. The van der Waals surface area contributed by atoms with Crippen molar-refractivity contribution in [3.63, 3.8) is 0 Å². The van der Waals surface area contributed by atoms with Crippen LogP contribution in [0.25, 0.3) is 0 Å². The Morgan fingerprint density at radius 1 is 1.20 bits per heavy atom. The maximum atomic E-state index is 14.0. The molecule has 4 rings (SSSR count). The van der Waals surface area contributed by atoms with E-state index in [1.165, 1.54) is 38.2 Å². The van der Waals surface area contributed by atoms with E-state index in [-0.39, 0.29) is 17.0 Å². The first-order chi connectivity index (χ1) is 12.1. The second kappa shape index (κ2) is 6.71. The van der Waals surface area contributed by atoms with Crippen LogP contribution in [0.1, 0.15) is 57.4 Å². The minimum atomic E-state index is -0.155. The highest BCUT2D eigenvalue weighted by Crippen LogP contribution is 2.47. The van der Waals surface area contributed by atoms with Crippen LogP contribution >= 0.6 is 0 Å². The molecule has 1 spiro atoms. The molecule has 1 aromatic carbocycles. The molecule has 0 aromatic heterocycles. The summed E-state index contributed by atoms with van der Waals surface area (Å²) in [6.45, 7) is 5.15. The Morgan fingerprint density at radius 2 is 1.92 bits per heavy atom. The molecule has 2 aliphatic heterocycles. The zero-order valence-corrected chi connectivity index (χ0v) is 15.3. The van der Waals surface area contributed by atoms with Crippen molar-refractivity contribution < 1.29 is 9.18 Å². The lowest BCUT2D eigenvalue weighted by atomic mass is 9.73. The van der Waals surface area contributed by atoms with Crippen LogP contribution in [0.2, 0.25) is 0 Å². The molecule has 1 aliphatic carbocycles. The van der Waals surface area contributed by atoms with E-state index in [4.69, 9.17) is 0 Å². The molecule has 0 atom stereocenters. The van der Waals surface area contributed by atoms with Crippen molar-refractivity contribution in [1.29, 1.82) is 0 Å². The maximum absolute atomic E-state index is 14.0. The summed E-state index contributed by atoms with van der Waals surface area (Å²) in [6.07, 6.45) is 8.96. The van der Waals surface area contributed by atoms with Gasteiger partial charge in [-0.3, -0.25) is 4.79 Å². The quantitative estimate of drug-likeness (QED) is 0.831. The average Bonchev–Trinajstić information content (AvgIpc) is 2.88. The Balaban J connectivity index is 1.54. The SMILES string of the molecule is CC(=O)CN1CC2(CCN(C3CCCCC3)CC2)c2cc(F)ccc21. The number of hydrogen-bond acceptors (Lipinski definition) is 3. The number of anilines is 1. The third-order valence-electron chi connectivity index (χ3n) is 6.62. The Morgan fingerprint density at radius 3 is 2.60 bits per heavy atom. The smallest absolute Gasteiger partial charge is 0.149 e. The molecule has 1 saturated heterocycles.